The van der Waals surface area contributed by atoms with Crippen LogP contribution in [0.1, 0.15) is 42.3 Å². The van der Waals surface area contributed by atoms with E-state index in [0.717, 1.165) is 35.6 Å². The zero-order valence-electron chi connectivity index (χ0n) is 14.0. The molecule has 1 aliphatic heterocycles. The molecule has 0 saturated heterocycles. The van der Waals surface area contributed by atoms with Crippen LogP contribution in [0.2, 0.25) is 5.02 Å². The summed E-state index contributed by atoms with van der Waals surface area (Å²) in [6.07, 6.45) is 3.00. The number of rotatable bonds is 3. The molecule has 130 valence electrons. The van der Waals surface area contributed by atoms with E-state index >= 15 is 0 Å². The first-order valence-electron chi connectivity index (χ1n) is 8.76. The van der Waals surface area contributed by atoms with E-state index in [1.54, 1.807) is 0 Å². The van der Waals surface area contributed by atoms with Gasteiger partial charge in [-0.3, -0.25) is 0 Å². The Kier molecular flexibility index (Phi) is 4.53. The van der Waals surface area contributed by atoms with Crippen molar-refractivity contribution < 1.29 is 4.74 Å². The van der Waals surface area contributed by atoms with Crippen LogP contribution in [0.5, 0.6) is 5.75 Å². The first kappa shape index (κ1) is 16.3. The van der Waals surface area contributed by atoms with E-state index in [1.165, 1.54) is 5.56 Å². The summed E-state index contributed by atoms with van der Waals surface area (Å²) in [5.74, 6) is 2.02. The van der Waals surface area contributed by atoms with E-state index in [-0.39, 0.29) is 6.04 Å². The molecule has 1 fully saturated rings. The molecular formula is C20H22ClN3O. The predicted molar refractivity (Wildman–Crippen MR) is 101 cm³/mol. The quantitative estimate of drug-likeness (QED) is 0.646. The third-order valence-electron chi connectivity index (χ3n) is 5.05. The summed E-state index contributed by atoms with van der Waals surface area (Å²) >= 11 is 5.95. The Hall–Kier alpha value is -2.20. The second kappa shape index (κ2) is 6.96. The molecule has 3 N–H and O–H groups in total. The second-order valence-electron chi connectivity index (χ2n) is 6.77. The van der Waals surface area contributed by atoms with Crippen molar-refractivity contribution in [2.24, 2.45) is 10.7 Å². The molecule has 1 saturated carbocycles. The van der Waals surface area contributed by atoms with Gasteiger partial charge in [0.2, 0.25) is 0 Å². The van der Waals surface area contributed by atoms with Gasteiger partial charge in [0.1, 0.15) is 5.75 Å². The molecule has 1 atom stereocenters. The topological polar surface area (TPSA) is 59.6 Å². The first-order chi connectivity index (χ1) is 12.2. The van der Waals surface area contributed by atoms with Gasteiger partial charge in [-0.1, -0.05) is 41.9 Å². The van der Waals surface area contributed by atoms with Gasteiger partial charge in [0.25, 0.3) is 0 Å². The predicted octanol–water partition coefficient (Wildman–Crippen LogP) is 4.01. The van der Waals surface area contributed by atoms with Crippen molar-refractivity contribution in [1.29, 1.82) is 0 Å². The molecule has 0 aromatic heterocycles. The van der Waals surface area contributed by atoms with Crippen molar-refractivity contribution in [2.75, 3.05) is 6.61 Å². The van der Waals surface area contributed by atoms with Crippen molar-refractivity contribution in [2.45, 2.75) is 37.3 Å². The number of halogens is 1. The van der Waals surface area contributed by atoms with Crippen LogP contribution in [0.4, 0.5) is 0 Å². The van der Waals surface area contributed by atoms with Crippen LogP contribution in [-0.2, 0) is 0 Å². The maximum atomic E-state index is 6.16. The highest BCUT2D eigenvalue weighted by Crippen LogP contribution is 2.37. The van der Waals surface area contributed by atoms with Crippen LogP contribution in [0.25, 0.3) is 0 Å². The minimum absolute atomic E-state index is 0.0737. The standard InChI is InChI=1S/C20H22ClN3O/c21-15-7-5-13(6-8-15)14-11-16(12-14)23-20(22)24-18-9-10-25-19-4-2-1-3-17(18)19/h1-8,14,16,18H,9-12H2,(H3,22,23,24). The van der Waals surface area contributed by atoms with E-state index in [9.17, 15) is 0 Å². The molecule has 0 radical (unpaired) electrons. The van der Waals surface area contributed by atoms with Crippen molar-refractivity contribution in [3.05, 3.63) is 64.7 Å². The molecule has 4 nitrogen and oxygen atoms in total. The zero-order valence-corrected chi connectivity index (χ0v) is 14.7. The number of ether oxygens (including phenoxy) is 1. The average molecular weight is 356 g/mol. The summed E-state index contributed by atoms with van der Waals surface area (Å²) in [5.41, 5.74) is 8.62. The number of benzene rings is 2. The van der Waals surface area contributed by atoms with Crippen molar-refractivity contribution >= 4 is 17.6 Å². The normalized spacial score (nSPS) is 25.5. The van der Waals surface area contributed by atoms with Gasteiger partial charge < -0.3 is 15.8 Å². The van der Waals surface area contributed by atoms with Crippen molar-refractivity contribution in [3.63, 3.8) is 0 Å². The molecule has 2 aromatic carbocycles. The summed E-state index contributed by atoms with van der Waals surface area (Å²) in [6.45, 7) is 0.681. The summed E-state index contributed by atoms with van der Waals surface area (Å²) in [5, 5.41) is 4.15. The van der Waals surface area contributed by atoms with Gasteiger partial charge in [-0.05, 0) is 42.5 Å². The first-order valence-corrected chi connectivity index (χ1v) is 9.14. The molecule has 25 heavy (non-hydrogen) atoms. The van der Waals surface area contributed by atoms with Gasteiger partial charge in [-0.25, -0.2) is 4.99 Å². The van der Waals surface area contributed by atoms with Crippen LogP contribution in [0.15, 0.2) is 53.5 Å². The molecule has 1 heterocycles. The molecule has 4 rings (SSSR count). The third-order valence-corrected chi connectivity index (χ3v) is 5.31. The van der Waals surface area contributed by atoms with Crippen LogP contribution >= 0.6 is 11.6 Å². The number of nitrogens with zero attached hydrogens (tertiary/aromatic N) is 1. The van der Waals surface area contributed by atoms with E-state index in [4.69, 9.17) is 27.1 Å². The molecular weight excluding hydrogens is 334 g/mol. The highest BCUT2D eigenvalue weighted by molar-refractivity contribution is 6.30. The SMILES string of the molecule is NC(=NC1CCOc2ccccc21)NC1CC(c2ccc(Cl)cc2)C1. The van der Waals surface area contributed by atoms with Crippen LogP contribution < -0.4 is 15.8 Å². The number of para-hydroxylation sites is 1. The van der Waals surface area contributed by atoms with Gasteiger partial charge in [-0.2, -0.15) is 0 Å². The van der Waals surface area contributed by atoms with Crippen LogP contribution in [0.3, 0.4) is 0 Å². The Balaban J connectivity index is 1.35. The molecule has 2 aromatic rings. The Labute approximate surface area is 153 Å². The lowest BCUT2D eigenvalue weighted by atomic mass is 9.76. The van der Waals surface area contributed by atoms with Gasteiger partial charge in [0, 0.05) is 23.0 Å². The van der Waals surface area contributed by atoms with Crippen molar-refractivity contribution in [3.8, 4) is 5.75 Å². The Morgan fingerprint density at radius 2 is 1.88 bits per heavy atom. The summed E-state index contributed by atoms with van der Waals surface area (Å²) in [7, 11) is 0. The molecule has 2 aliphatic rings. The lowest BCUT2D eigenvalue weighted by molar-refractivity contribution is 0.269. The Bertz CT molecular complexity index is 769. The second-order valence-corrected chi connectivity index (χ2v) is 7.20. The number of hydrogen-bond donors (Lipinski definition) is 2. The molecule has 5 heteroatoms. The van der Waals surface area contributed by atoms with Crippen LogP contribution in [-0.4, -0.2) is 18.6 Å². The average Bonchev–Trinajstić information content (AvgIpc) is 2.59. The van der Waals surface area contributed by atoms with E-state index in [0.29, 0.717) is 24.5 Å². The highest BCUT2D eigenvalue weighted by Gasteiger charge is 2.31. The fourth-order valence-corrected chi connectivity index (χ4v) is 3.74. The smallest absolute Gasteiger partial charge is 0.189 e. The number of hydrogen-bond acceptors (Lipinski definition) is 2. The molecule has 0 amide bonds. The maximum Gasteiger partial charge on any atom is 0.189 e. The Morgan fingerprint density at radius 1 is 1.12 bits per heavy atom. The monoisotopic (exact) mass is 355 g/mol. The molecule has 0 bridgehead atoms. The van der Waals surface area contributed by atoms with Crippen LogP contribution in [0, 0.1) is 0 Å². The lowest BCUT2D eigenvalue weighted by Crippen LogP contribution is -2.46. The summed E-state index contributed by atoms with van der Waals surface area (Å²) in [6, 6.07) is 16.6. The minimum Gasteiger partial charge on any atom is -0.493 e. The van der Waals surface area contributed by atoms with Crippen molar-refractivity contribution in [1.82, 2.24) is 5.32 Å². The van der Waals surface area contributed by atoms with E-state index in [1.807, 2.05) is 30.3 Å². The summed E-state index contributed by atoms with van der Waals surface area (Å²) < 4.78 is 5.68. The number of nitrogens with two attached hydrogens (primary N) is 1. The van der Waals surface area contributed by atoms with Gasteiger partial charge >= 0.3 is 0 Å². The maximum absolute atomic E-state index is 6.16. The van der Waals surface area contributed by atoms with E-state index in [2.05, 4.69) is 23.5 Å². The molecule has 0 spiro atoms. The summed E-state index contributed by atoms with van der Waals surface area (Å²) in [4.78, 5) is 4.69. The zero-order chi connectivity index (χ0) is 17.2. The van der Waals surface area contributed by atoms with Gasteiger partial charge in [0.15, 0.2) is 5.96 Å². The molecule has 1 aliphatic carbocycles. The van der Waals surface area contributed by atoms with Gasteiger partial charge in [-0.15, -0.1) is 0 Å². The number of nitrogens with one attached hydrogen (secondary N) is 1. The lowest BCUT2D eigenvalue weighted by Gasteiger charge is -2.36. The largest absolute Gasteiger partial charge is 0.493 e. The Morgan fingerprint density at radius 3 is 2.68 bits per heavy atom. The van der Waals surface area contributed by atoms with Gasteiger partial charge in [0.05, 0.1) is 12.6 Å². The van der Waals surface area contributed by atoms with E-state index < -0.39 is 0 Å². The highest BCUT2D eigenvalue weighted by atomic mass is 35.5. The number of fused-ring (bicyclic) bond motifs is 1. The molecule has 1 unspecified atom stereocenters. The fraction of sp³-hybridized carbons (Fsp3) is 0.350. The fourth-order valence-electron chi connectivity index (χ4n) is 3.61. The number of aliphatic imine (C=N–C) groups is 1. The minimum atomic E-state index is 0.0737. The third kappa shape index (κ3) is 3.59. The number of guanidine groups is 1.